The summed E-state index contributed by atoms with van der Waals surface area (Å²) in [5.41, 5.74) is 0.700. The van der Waals surface area contributed by atoms with E-state index in [1.165, 1.54) is 0 Å². The zero-order chi connectivity index (χ0) is 13.8. The lowest BCUT2D eigenvalue weighted by atomic mass is 10.1. The molecule has 1 unspecified atom stereocenters. The van der Waals surface area contributed by atoms with Gasteiger partial charge in [0.1, 0.15) is 5.75 Å². The van der Waals surface area contributed by atoms with Gasteiger partial charge in [0.15, 0.2) is 6.61 Å². The van der Waals surface area contributed by atoms with Gasteiger partial charge in [0.05, 0.1) is 5.25 Å². The summed E-state index contributed by atoms with van der Waals surface area (Å²) in [4.78, 5) is 33.0. The van der Waals surface area contributed by atoms with Crippen molar-refractivity contribution >= 4 is 28.9 Å². The number of carbonyl (C=O) groups excluding carboxylic acids is 2. The molecule has 0 aromatic heterocycles. The van der Waals surface area contributed by atoms with Crippen LogP contribution in [-0.4, -0.2) is 34.1 Å². The molecule has 1 aliphatic heterocycles. The number of hydrogen-bond acceptors (Lipinski definition) is 5. The van der Waals surface area contributed by atoms with E-state index < -0.39 is 17.8 Å². The van der Waals surface area contributed by atoms with E-state index in [1.54, 1.807) is 24.3 Å². The maximum Gasteiger partial charge on any atom is 0.341 e. The Kier molecular flexibility index (Phi) is 4.06. The molecule has 19 heavy (non-hydrogen) atoms. The van der Waals surface area contributed by atoms with Gasteiger partial charge in [-0.2, -0.15) is 0 Å². The van der Waals surface area contributed by atoms with Crippen LogP contribution in [-0.2, 0) is 16.0 Å². The fourth-order valence-electron chi connectivity index (χ4n) is 1.68. The van der Waals surface area contributed by atoms with Crippen molar-refractivity contribution < 1.29 is 24.2 Å². The first-order chi connectivity index (χ1) is 9.06. The van der Waals surface area contributed by atoms with E-state index in [1.807, 2.05) is 0 Å². The Balaban J connectivity index is 2.09. The number of rotatable bonds is 5. The van der Waals surface area contributed by atoms with E-state index in [2.05, 4.69) is 5.32 Å². The van der Waals surface area contributed by atoms with E-state index in [4.69, 9.17) is 9.84 Å². The predicted octanol–water partition coefficient (Wildman–Crippen LogP) is 1.04. The number of ether oxygens (including phenoxy) is 1. The van der Waals surface area contributed by atoms with E-state index in [9.17, 15) is 14.4 Å². The molecule has 2 amide bonds. The van der Waals surface area contributed by atoms with Crippen LogP contribution in [0.25, 0.3) is 0 Å². The fraction of sp³-hybridized carbons (Fsp3) is 0.250. The minimum Gasteiger partial charge on any atom is -0.482 e. The highest BCUT2D eigenvalue weighted by Gasteiger charge is 2.32. The van der Waals surface area contributed by atoms with Gasteiger partial charge in [-0.05, 0) is 18.1 Å². The van der Waals surface area contributed by atoms with Crippen molar-refractivity contribution in [2.75, 3.05) is 6.61 Å². The lowest BCUT2D eigenvalue weighted by Crippen LogP contribution is -2.25. The molecule has 0 spiro atoms. The molecule has 1 aromatic rings. The summed E-state index contributed by atoms with van der Waals surface area (Å²) in [6.07, 6.45) is 0.317. The van der Waals surface area contributed by atoms with Gasteiger partial charge in [-0.25, -0.2) is 4.79 Å². The number of carbonyl (C=O) groups is 3. The quantitative estimate of drug-likeness (QED) is 0.838. The molecule has 0 radical (unpaired) electrons. The van der Waals surface area contributed by atoms with Crippen molar-refractivity contribution in [1.82, 2.24) is 5.32 Å². The summed E-state index contributed by atoms with van der Waals surface area (Å²) >= 11 is 0.930. The molecule has 0 saturated carbocycles. The topological polar surface area (TPSA) is 92.7 Å². The van der Waals surface area contributed by atoms with Crippen LogP contribution in [0.2, 0.25) is 0 Å². The minimum atomic E-state index is -1.07. The third-order valence-electron chi connectivity index (χ3n) is 2.50. The number of carboxylic acids is 1. The van der Waals surface area contributed by atoms with E-state index in [0.29, 0.717) is 17.7 Å². The largest absolute Gasteiger partial charge is 0.482 e. The van der Waals surface area contributed by atoms with Gasteiger partial charge in [0.2, 0.25) is 5.91 Å². The Morgan fingerprint density at radius 1 is 1.37 bits per heavy atom. The predicted molar refractivity (Wildman–Crippen MR) is 68.2 cm³/mol. The fourth-order valence-corrected chi connectivity index (χ4v) is 2.53. The average molecular weight is 281 g/mol. The normalized spacial score (nSPS) is 18.2. The number of carboxylic acid groups (broad SMARTS) is 1. The number of aliphatic carboxylic acids is 1. The summed E-state index contributed by atoms with van der Waals surface area (Å²) in [5, 5.41) is 9.94. The molecule has 1 aromatic carbocycles. The molecule has 6 nitrogen and oxygen atoms in total. The molecule has 1 aliphatic rings. The maximum atomic E-state index is 11.5. The minimum absolute atomic E-state index is 0.317. The highest BCUT2D eigenvalue weighted by molar-refractivity contribution is 8.15. The van der Waals surface area contributed by atoms with Crippen LogP contribution in [0.15, 0.2) is 24.3 Å². The lowest BCUT2D eigenvalue weighted by Gasteiger charge is -2.11. The van der Waals surface area contributed by atoms with Gasteiger partial charge in [0.25, 0.3) is 5.24 Å². The molecule has 0 aliphatic carbocycles. The van der Waals surface area contributed by atoms with Crippen LogP contribution in [0.3, 0.4) is 0 Å². The Hall–Kier alpha value is -2.02. The van der Waals surface area contributed by atoms with Gasteiger partial charge in [-0.15, -0.1) is 0 Å². The average Bonchev–Trinajstić information content (AvgIpc) is 2.67. The van der Waals surface area contributed by atoms with Crippen LogP contribution in [0.4, 0.5) is 4.79 Å². The Bertz CT molecular complexity index is 531. The highest BCUT2D eigenvalue weighted by Crippen LogP contribution is 2.27. The molecule has 0 bridgehead atoms. The van der Waals surface area contributed by atoms with Crippen molar-refractivity contribution in [3.05, 3.63) is 29.8 Å². The number of benzene rings is 1. The summed E-state index contributed by atoms with van der Waals surface area (Å²) < 4.78 is 5.15. The summed E-state index contributed by atoms with van der Waals surface area (Å²) in [6.45, 7) is -0.444. The summed E-state index contributed by atoms with van der Waals surface area (Å²) in [5.74, 6) is -0.987. The smallest absolute Gasteiger partial charge is 0.341 e. The van der Waals surface area contributed by atoms with Crippen LogP contribution in [0, 0.1) is 0 Å². The molecule has 1 saturated heterocycles. The van der Waals surface area contributed by atoms with Gasteiger partial charge < -0.3 is 9.84 Å². The number of amides is 2. The first-order valence-corrected chi connectivity index (χ1v) is 6.38. The van der Waals surface area contributed by atoms with E-state index in [-0.39, 0.29) is 11.1 Å². The van der Waals surface area contributed by atoms with Crippen LogP contribution in [0.5, 0.6) is 5.75 Å². The second kappa shape index (κ2) is 5.75. The molecule has 2 N–H and O–H groups in total. The Morgan fingerprint density at radius 2 is 2.11 bits per heavy atom. The third kappa shape index (κ3) is 3.47. The zero-order valence-electron chi connectivity index (χ0n) is 9.79. The first kappa shape index (κ1) is 13.4. The molecular weight excluding hydrogens is 270 g/mol. The van der Waals surface area contributed by atoms with Crippen molar-refractivity contribution in [2.24, 2.45) is 0 Å². The SMILES string of the molecule is O=C(O)COc1ccccc1CC1SC(=O)NC1=O. The van der Waals surface area contributed by atoms with E-state index in [0.717, 1.165) is 11.8 Å². The van der Waals surface area contributed by atoms with Gasteiger partial charge >= 0.3 is 5.97 Å². The number of imide groups is 1. The molecule has 7 heteroatoms. The molecule has 100 valence electrons. The van der Waals surface area contributed by atoms with Crippen molar-refractivity contribution in [1.29, 1.82) is 0 Å². The lowest BCUT2D eigenvalue weighted by molar-refractivity contribution is -0.139. The van der Waals surface area contributed by atoms with Crippen LogP contribution < -0.4 is 10.1 Å². The van der Waals surface area contributed by atoms with Crippen molar-refractivity contribution in [2.45, 2.75) is 11.7 Å². The Morgan fingerprint density at radius 3 is 2.74 bits per heavy atom. The van der Waals surface area contributed by atoms with Crippen molar-refractivity contribution in [3.8, 4) is 5.75 Å². The number of hydrogen-bond donors (Lipinski definition) is 2. The van der Waals surface area contributed by atoms with E-state index >= 15 is 0 Å². The molecule has 1 heterocycles. The molecule has 2 rings (SSSR count). The molecule has 1 fully saturated rings. The summed E-state index contributed by atoms with van der Waals surface area (Å²) in [7, 11) is 0. The zero-order valence-corrected chi connectivity index (χ0v) is 10.6. The number of para-hydroxylation sites is 1. The standard InChI is InChI=1S/C12H11NO5S/c14-10(15)6-18-8-4-2-1-3-7(8)5-9-11(16)13-12(17)19-9/h1-4,9H,5-6H2,(H,14,15)(H,13,16,17). The maximum absolute atomic E-state index is 11.5. The van der Waals surface area contributed by atoms with Crippen LogP contribution >= 0.6 is 11.8 Å². The number of nitrogens with one attached hydrogen (secondary N) is 1. The molecule has 1 atom stereocenters. The second-order valence-corrected chi connectivity index (χ2v) is 5.05. The Labute approximate surface area is 113 Å². The van der Waals surface area contributed by atoms with Crippen molar-refractivity contribution in [3.63, 3.8) is 0 Å². The van der Waals surface area contributed by atoms with Gasteiger partial charge in [0, 0.05) is 0 Å². The van der Waals surface area contributed by atoms with Gasteiger partial charge in [-0.3, -0.25) is 14.9 Å². The second-order valence-electron chi connectivity index (χ2n) is 3.88. The van der Waals surface area contributed by atoms with Gasteiger partial charge in [-0.1, -0.05) is 30.0 Å². The van der Waals surface area contributed by atoms with Crippen LogP contribution in [0.1, 0.15) is 5.56 Å². The summed E-state index contributed by atoms with van der Waals surface area (Å²) in [6, 6.07) is 6.86. The number of thioether (sulfide) groups is 1. The highest BCUT2D eigenvalue weighted by atomic mass is 32.2. The molecular formula is C12H11NO5S. The first-order valence-electron chi connectivity index (χ1n) is 5.50. The monoisotopic (exact) mass is 281 g/mol. The third-order valence-corrected chi connectivity index (χ3v) is 3.48.